The molecule has 2 heteroatoms. The minimum absolute atomic E-state index is 0.564. The largest absolute Gasteiger partial charge is 0.385 e. The lowest BCUT2D eigenvalue weighted by atomic mass is 10.1. The molecule has 0 saturated heterocycles. The van der Waals surface area contributed by atoms with Crippen LogP contribution in [0, 0.1) is 0 Å². The van der Waals surface area contributed by atoms with Gasteiger partial charge in [0.15, 0.2) is 0 Å². The molecular weight excluding hydrogens is 124 g/mol. The first-order valence-electron chi connectivity index (χ1n) is 3.93. The lowest BCUT2D eigenvalue weighted by Gasteiger charge is -2.30. The van der Waals surface area contributed by atoms with Crippen LogP contribution >= 0.6 is 0 Å². The van der Waals surface area contributed by atoms with Crippen molar-refractivity contribution >= 4 is 0 Å². The van der Waals surface area contributed by atoms with Crippen LogP contribution in [0.3, 0.4) is 0 Å². The average Bonchev–Trinajstić information content (AvgIpc) is 1.94. The monoisotopic (exact) mass is 140 g/mol. The van der Waals surface area contributed by atoms with E-state index in [2.05, 4.69) is 31.4 Å². The number of allylic oxidation sites excluding steroid dienone is 1. The van der Waals surface area contributed by atoms with Gasteiger partial charge >= 0.3 is 0 Å². The number of nitrogens with one attached hydrogen (secondary N) is 2. The summed E-state index contributed by atoms with van der Waals surface area (Å²) < 4.78 is 0. The van der Waals surface area contributed by atoms with Crippen molar-refractivity contribution in [3.63, 3.8) is 0 Å². The first kappa shape index (κ1) is 7.45. The second-order valence-electron chi connectivity index (χ2n) is 2.94. The maximum Gasteiger partial charge on any atom is 0.0454 e. The predicted octanol–water partition coefficient (Wildman–Crippen LogP) is 1.21. The van der Waals surface area contributed by atoms with Gasteiger partial charge in [0.2, 0.25) is 0 Å². The van der Waals surface area contributed by atoms with Gasteiger partial charge in [0.05, 0.1) is 0 Å². The van der Waals surface area contributed by atoms with Crippen LogP contribution in [0.5, 0.6) is 0 Å². The Hall–Kier alpha value is -0.660. The quantitative estimate of drug-likeness (QED) is 0.572. The minimum Gasteiger partial charge on any atom is -0.385 e. The fraction of sp³-hybridized carbons (Fsp3) is 0.750. The Morgan fingerprint density at radius 2 is 2.30 bits per heavy atom. The summed E-state index contributed by atoms with van der Waals surface area (Å²) in [5.74, 6) is 0. The van der Waals surface area contributed by atoms with Crippen LogP contribution in [0.4, 0.5) is 0 Å². The third-order valence-corrected chi connectivity index (χ3v) is 2.02. The molecular formula is C8H16N2. The van der Waals surface area contributed by atoms with E-state index in [0.717, 1.165) is 0 Å². The molecule has 0 fully saturated rings. The third kappa shape index (κ3) is 1.43. The normalized spacial score (nSPS) is 32.1. The SMILES string of the molecule is CCC1NC(C)=CNC1C. The number of rotatable bonds is 1. The second kappa shape index (κ2) is 2.95. The van der Waals surface area contributed by atoms with E-state index in [-0.39, 0.29) is 0 Å². The summed E-state index contributed by atoms with van der Waals surface area (Å²) in [5.41, 5.74) is 1.24. The van der Waals surface area contributed by atoms with Crippen molar-refractivity contribution in [2.75, 3.05) is 0 Å². The van der Waals surface area contributed by atoms with Crippen LogP contribution in [0.1, 0.15) is 27.2 Å². The van der Waals surface area contributed by atoms with Crippen molar-refractivity contribution in [3.8, 4) is 0 Å². The van der Waals surface area contributed by atoms with Gasteiger partial charge in [0, 0.05) is 24.0 Å². The van der Waals surface area contributed by atoms with Gasteiger partial charge < -0.3 is 10.6 Å². The van der Waals surface area contributed by atoms with E-state index in [4.69, 9.17) is 0 Å². The molecule has 2 unspecified atom stereocenters. The molecule has 1 rings (SSSR count). The van der Waals surface area contributed by atoms with Crippen LogP contribution < -0.4 is 10.6 Å². The summed E-state index contributed by atoms with van der Waals surface area (Å²) >= 11 is 0. The van der Waals surface area contributed by atoms with Gasteiger partial charge in [-0.2, -0.15) is 0 Å². The fourth-order valence-electron chi connectivity index (χ4n) is 1.29. The van der Waals surface area contributed by atoms with E-state index in [9.17, 15) is 0 Å². The zero-order valence-electron chi connectivity index (χ0n) is 6.94. The third-order valence-electron chi connectivity index (χ3n) is 2.02. The van der Waals surface area contributed by atoms with E-state index < -0.39 is 0 Å². The molecule has 0 radical (unpaired) electrons. The van der Waals surface area contributed by atoms with E-state index in [1.54, 1.807) is 0 Å². The summed E-state index contributed by atoms with van der Waals surface area (Å²) in [6.07, 6.45) is 3.22. The van der Waals surface area contributed by atoms with Crippen LogP contribution in [0.15, 0.2) is 11.9 Å². The highest BCUT2D eigenvalue weighted by Gasteiger charge is 2.16. The molecule has 0 amide bonds. The summed E-state index contributed by atoms with van der Waals surface area (Å²) in [6, 6.07) is 1.17. The van der Waals surface area contributed by atoms with Gasteiger partial charge in [-0.25, -0.2) is 0 Å². The Balaban J connectivity index is 2.53. The van der Waals surface area contributed by atoms with Crippen LogP contribution in [0.2, 0.25) is 0 Å². The molecule has 1 aliphatic rings. The number of hydrogen-bond donors (Lipinski definition) is 2. The Kier molecular flexibility index (Phi) is 2.20. The molecule has 2 nitrogen and oxygen atoms in total. The maximum absolute atomic E-state index is 3.41. The van der Waals surface area contributed by atoms with Crippen molar-refractivity contribution in [2.45, 2.75) is 39.3 Å². The first-order valence-corrected chi connectivity index (χ1v) is 3.93. The standard InChI is InChI=1S/C8H16N2/c1-4-8-7(3)9-5-6(2)10-8/h5,7-10H,4H2,1-3H3. The number of hydrogen-bond acceptors (Lipinski definition) is 2. The zero-order valence-corrected chi connectivity index (χ0v) is 6.94. The van der Waals surface area contributed by atoms with Crippen molar-refractivity contribution in [1.29, 1.82) is 0 Å². The van der Waals surface area contributed by atoms with Gasteiger partial charge in [0.25, 0.3) is 0 Å². The van der Waals surface area contributed by atoms with Crippen molar-refractivity contribution < 1.29 is 0 Å². The minimum atomic E-state index is 0.564. The molecule has 0 saturated carbocycles. The van der Waals surface area contributed by atoms with Gasteiger partial charge in [-0.1, -0.05) is 6.92 Å². The van der Waals surface area contributed by atoms with E-state index >= 15 is 0 Å². The van der Waals surface area contributed by atoms with Gasteiger partial charge in [-0.05, 0) is 20.3 Å². The van der Waals surface area contributed by atoms with Gasteiger partial charge in [-0.15, -0.1) is 0 Å². The van der Waals surface area contributed by atoms with Gasteiger partial charge in [0.1, 0.15) is 0 Å². The summed E-state index contributed by atoms with van der Waals surface area (Å²) in [5, 5.41) is 6.72. The van der Waals surface area contributed by atoms with E-state index in [0.29, 0.717) is 12.1 Å². The molecule has 1 aliphatic heterocycles. The molecule has 0 aromatic carbocycles. The Morgan fingerprint density at radius 1 is 1.60 bits per heavy atom. The molecule has 2 atom stereocenters. The molecule has 0 aromatic rings. The molecule has 58 valence electrons. The highest BCUT2D eigenvalue weighted by Crippen LogP contribution is 2.05. The van der Waals surface area contributed by atoms with Crippen LogP contribution in [-0.4, -0.2) is 12.1 Å². The lowest BCUT2D eigenvalue weighted by Crippen LogP contribution is -2.47. The maximum atomic E-state index is 3.41. The molecule has 10 heavy (non-hydrogen) atoms. The molecule has 0 aromatic heterocycles. The second-order valence-corrected chi connectivity index (χ2v) is 2.94. The molecule has 0 aliphatic carbocycles. The first-order chi connectivity index (χ1) is 4.74. The molecule has 2 N–H and O–H groups in total. The predicted molar refractivity (Wildman–Crippen MR) is 43.6 cm³/mol. The Bertz CT molecular complexity index is 140. The summed E-state index contributed by atoms with van der Waals surface area (Å²) in [6.45, 7) is 6.49. The van der Waals surface area contributed by atoms with Crippen molar-refractivity contribution in [1.82, 2.24) is 10.6 Å². The van der Waals surface area contributed by atoms with Crippen LogP contribution in [0.25, 0.3) is 0 Å². The summed E-state index contributed by atoms with van der Waals surface area (Å²) in [7, 11) is 0. The van der Waals surface area contributed by atoms with Crippen molar-refractivity contribution in [2.24, 2.45) is 0 Å². The van der Waals surface area contributed by atoms with Crippen LogP contribution in [-0.2, 0) is 0 Å². The molecule has 0 spiro atoms. The fourth-order valence-corrected chi connectivity index (χ4v) is 1.29. The Morgan fingerprint density at radius 3 is 2.80 bits per heavy atom. The van der Waals surface area contributed by atoms with E-state index in [1.165, 1.54) is 12.1 Å². The highest BCUT2D eigenvalue weighted by atomic mass is 15.1. The highest BCUT2D eigenvalue weighted by molar-refractivity contribution is 5.04. The van der Waals surface area contributed by atoms with Gasteiger partial charge in [-0.3, -0.25) is 0 Å². The smallest absolute Gasteiger partial charge is 0.0454 e. The zero-order chi connectivity index (χ0) is 7.56. The van der Waals surface area contributed by atoms with Crippen molar-refractivity contribution in [3.05, 3.63) is 11.9 Å². The topological polar surface area (TPSA) is 24.1 Å². The Labute approximate surface area is 62.7 Å². The molecule has 0 bridgehead atoms. The lowest BCUT2D eigenvalue weighted by molar-refractivity contribution is 0.410. The average molecular weight is 140 g/mol. The van der Waals surface area contributed by atoms with E-state index in [1.807, 2.05) is 6.20 Å². The molecule has 1 heterocycles. The summed E-state index contributed by atoms with van der Waals surface area (Å²) in [4.78, 5) is 0.